The standard InChI is InChI=1S/C20H32N4O3.HI/c1-4-21-19(22-13-16-9-7-8-10-18(16)26-5-2)23-14-17(15-11-12-15)24-20(25)27-6-3;/h7-10,15,17H,4-6,11-14H2,1-3H3,(H,24,25)(H2,21,22,23);1H. The summed E-state index contributed by atoms with van der Waals surface area (Å²) in [7, 11) is 0. The van der Waals surface area contributed by atoms with Crippen LogP contribution in [0, 0.1) is 5.92 Å². The lowest BCUT2D eigenvalue weighted by molar-refractivity contribution is 0.146. The molecular weight excluding hydrogens is 471 g/mol. The summed E-state index contributed by atoms with van der Waals surface area (Å²) in [5, 5.41) is 9.54. The van der Waals surface area contributed by atoms with Gasteiger partial charge in [-0.25, -0.2) is 9.79 Å². The fourth-order valence-corrected chi connectivity index (χ4v) is 2.80. The lowest BCUT2D eigenvalue weighted by Crippen LogP contribution is -2.48. The Morgan fingerprint density at radius 3 is 2.57 bits per heavy atom. The van der Waals surface area contributed by atoms with Crippen LogP contribution >= 0.6 is 24.0 Å². The largest absolute Gasteiger partial charge is 0.494 e. The van der Waals surface area contributed by atoms with Gasteiger partial charge in [0, 0.05) is 18.7 Å². The minimum Gasteiger partial charge on any atom is -0.494 e. The fourth-order valence-electron chi connectivity index (χ4n) is 2.80. The van der Waals surface area contributed by atoms with Gasteiger partial charge >= 0.3 is 6.09 Å². The number of hydrogen-bond donors (Lipinski definition) is 3. The number of para-hydroxylation sites is 1. The number of alkyl carbamates (subject to hydrolysis) is 1. The zero-order valence-electron chi connectivity index (χ0n) is 17.0. The molecule has 0 saturated heterocycles. The number of hydrogen-bond acceptors (Lipinski definition) is 4. The Hall–Kier alpha value is -1.71. The molecule has 1 amide bonds. The van der Waals surface area contributed by atoms with Crippen LogP contribution < -0.4 is 20.7 Å². The summed E-state index contributed by atoms with van der Waals surface area (Å²) in [5.41, 5.74) is 1.04. The van der Waals surface area contributed by atoms with E-state index in [2.05, 4.69) is 20.9 Å². The highest BCUT2D eigenvalue weighted by atomic mass is 127. The highest BCUT2D eigenvalue weighted by Gasteiger charge is 2.32. The molecule has 158 valence electrons. The van der Waals surface area contributed by atoms with E-state index in [0.717, 1.165) is 36.7 Å². The quantitative estimate of drug-likeness (QED) is 0.259. The maximum atomic E-state index is 11.7. The van der Waals surface area contributed by atoms with Crippen LogP contribution in [-0.4, -0.2) is 44.4 Å². The first kappa shape index (κ1) is 24.3. The van der Waals surface area contributed by atoms with E-state index in [0.29, 0.717) is 32.2 Å². The molecule has 8 heteroatoms. The van der Waals surface area contributed by atoms with Crippen molar-refractivity contribution in [3.63, 3.8) is 0 Å². The van der Waals surface area contributed by atoms with Crippen LogP contribution in [-0.2, 0) is 11.3 Å². The summed E-state index contributed by atoms with van der Waals surface area (Å²) >= 11 is 0. The molecule has 1 atom stereocenters. The number of nitrogens with one attached hydrogen (secondary N) is 3. The van der Waals surface area contributed by atoms with Gasteiger partial charge < -0.3 is 25.4 Å². The summed E-state index contributed by atoms with van der Waals surface area (Å²) in [4.78, 5) is 16.4. The number of carbonyl (C=O) groups excluding carboxylic acids is 1. The normalized spacial score (nSPS) is 14.5. The summed E-state index contributed by atoms with van der Waals surface area (Å²) in [6.45, 7) is 8.70. The summed E-state index contributed by atoms with van der Waals surface area (Å²) in [5.74, 6) is 2.09. The van der Waals surface area contributed by atoms with Crippen molar-refractivity contribution in [2.45, 2.75) is 46.2 Å². The Kier molecular flexibility index (Phi) is 11.7. The van der Waals surface area contributed by atoms with Crippen LogP contribution in [0.3, 0.4) is 0 Å². The minimum absolute atomic E-state index is 0. The Bertz CT molecular complexity index is 623. The first-order valence-corrected chi connectivity index (χ1v) is 9.84. The average molecular weight is 504 g/mol. The van der Waals surface area contributed by atoms with Gasteiger partial charge in [-0.2, -0.15) is 0 Å². The molecule has 1 fully saturated rings. The van der Waals surface area contributed by atoms with Crippen LogP contribution in [0.4, 0.5) is 4.79 Å². The molecule has 1 saturated carbocycles. The van der Waals surface area contributed by atoms with Crippen molar-refractivity contribution >= 4 is 36.0 Å². The maximum Gasteiger partial charge on any atom is 0.407 e. The van der Waals surface area contributed by atoms with Crippen LogP contribution in [0.5, 0.6) is 5.75 Å². The second kappa shape index (κ2) is 13.5. The van der Waals surface area contributed by atoms with Gasteiger partial charge in [0.05, 0.1) is 25.8 Å². The van der Waals surface area contributed by atoms with Gasteiger partial charge in [-0.15, -0.1) is 24.0 Å². The van der Waals surface area contributed by atoms with Crippen molar-refractivity contribution in [3.05, 3.63) is 29.8 Å². The van der Waals surface area contributed by atoms with Gasteiger partial charge in [0.15, 0.2) is 5.96 Å². The second-order valence-corrected chi connectivity index (χ2v) is 6.43. The molecule has 7 nitrogen and oxygen atoms in total. The van der Waals surface area contributed by atoms with E-state index in [9.17, 15) is 4.79 Å². The monoisotopic (exact) mass is 504 g/mol. The molecule has 3 N–H and O–H groups in total. The molecule has 0 bridgehead atoms. The number of benzene rings is 1. The zero-order chi connectivity index (χ0) is 19.5. The lowest BCUT2D eigenvalue weighted by atomic mass is 10.2. The van der Waals surface area contributed by atoms with E-state index >= 15 is 0 Å². The van der Waals surface area contributed by atoms with E-state index in [1.807, 2.05) is 38.1 Å². The molecule has 0 spiro atoms. The van der Waals surface area contributed by atoms with Crippen molar-refractivity contribution in [1.82, 2.24) is 16.0 Å². The topological polar surface area (TPSA) is 84.0 Å². The van der Waals surface area contributed by atoms with Crippen molar-refractivity contribution < 1.29 is 14.3 Å². The van der Waals surface area contributed by atoms with Gasteiger partial charge in [-0.1, -0.05) is 18.2 Å². The smallest absolute Gasteiger partial charge is 0.407 e. The second-order valence-electron chi connectivity index (χ2n) is 6.43. The number of guanidine groups is 1. The van der Waals surface area contributed by atoms with Crippen molar-refractivity contribution in [2.75, 3.05) is 26.3 Å². The molecule has 1 aliphatic rings. The SMILES string of the molecule is CCNC(=NCc1ccccc1OCC)NCC(NC(=O)OCC)C1CC1.I. The van der Waals surface area contributed by atoms with Gasteiger partial charge in [-0.05, 0) is 45.6 Å². The minimum atomic E-state index is -0.358. The predicted molar refractivity (Wildman–Crippen MR) is 123 cm³/mol. The fraction of sp³-hybridized carbons (Fsp3) is 0.600. The van der Waals surface area contributed by atoms with Gasteiger partial charge in [-0.3, -0.25) is 0 Å². The van der Waals surface area contributed by atoms with Crippen LogP contribution in [0.1, 0.15) is 39.2 Å². The maximum absolute atomic E-state index is 11.7. The molecule has 0 heterocycles. The summed E-state index contributed by atoms with van der Waals surface area (Å²) < 4.78 is 10.7. The zero-order valence-corrected chi connectivity index (χ0v) is 19.3. The highest BCUT2D eigenvalue weighted by molar-refractivity contribution is 14.0. The molecular formula is C20H33IN4O3. The third kappa shape index (κ3) is 8.53. The number of aliphatic imine (C=N–C) groups is 1. The molecule has 1 unspecified atom stereocenters. The van der Waals surface area contributed by atoms with Gasteiger partial charge in [0.25, 0.3) is 0 Å². The van der Waals surface area contributed by atoms with E-state index in [1.165, 1.54) is 0 Å². The van der Waals surface area contributed by atoms with Crippen molar-refractivity contribution in [2.24, 2.45) is 10.9 Å². The highest BCUT2D eigenvalue weighted by Crippen LogP contribution is 2.32. The lowest BCUT2D eigenvalue weighted by Gasteiger charge is -2.20. The Morgan fingerprint density at radius 1 is 1.18 bits per heavy atom. The molecule has 1 aliphatic carbocycles. The summed E-state index contributed by atoms with van der Waals surface area (Å²) in [6.07, 6.45) is 1.91. The molecule has 2 rings (SSSR count). The molecule has 0 radical (unpaired) electrons. The number of amides is 1. The van der Waals surface area contributed by atoms with Crippen LogP contribution in [0.25, 0.3) is 0 Å². The molecule has 1 aromatic carbocycles. The summed E-state index contributed by atoms with van der Waals surface area (Å²) in [6, 6.07) is 7.97. The Labute approximate surface area is 185 Å². The molecule has 0 aliphatic heterocycles. The first-order chi connectivity index (χ1) is 13.2. The van der Waals surface area contributed by atoms with Crippen molar-refractivity contribution in [1.29, 1.82) is 0 Å². The molecule has 1 aromatic rings. The van der Waals surface area contributed by atoms with Gasteiger partial charge in [0.1, 0.15) is 5.75 Å². The number of ether oxygens (including phenoxy) is 2. The molecule has 0 aromatic heterocycles. The third-order valence-corrected chi connectivity index (χ3v) is 4.28. The van der Waals surface area contributed by atoms with Crippen molar-refractivity contribution in [3.8, 4) is 5.75 Å². The van der Waals surface area contributed by atoms with E-state index in [1.54, 1.807) is 6.92 Å². The van der Waals surface area contributed by atoms with Crippen LogP contribution in [0.15, 0.2) is 29.3 Å². The van der Waals surface area contributed by atoms with E-state index in [4.69, 9.17) is 9.47 Å². The predicted octanol–water partition coefficient (Wildman–Crippen LogP) is 3.28. The number of nitrogens with zero attached hydrogens (tertiary/aromatic N) is 1. The number of carbonyl (C=O) groups is 1. The Balaban J connectivity index is 0.00000392. The average Bonchev–Trinajstić information content (AvgIpc) is 3.49. The van der Waals surface area contributed by atoms with E-state index < -0.39 is 0 Å². The number of halogens is 1. The molecule has 28 heavy (non-hydrogen) atoms. The first-order valence-electron chi connectivity index (χ1n) is 9.84. The van der Waals surface area contributed by atoms with Crippen LogP contribution in [0.2, 0.25) is 0 Å². The number of rotatable bonds is 10. The third-order valence-electron chi connectivity index (χ3n) is 4.28. The Morgan fingerprint density at radius 2 is 1.93 bits per heavy atom. The van der Waals surface area contributed by atoms with E-state index in [-0.39, 0.29) is 36.1 Å². The van der Waals surface area contributed by atoms with Gasteiger partial charge in [0.2, 0.25) is 0 Å².